The van der Waals surface area contributed by atoms with E-state index in [9.17, 15) is 0 Å². The molecule has 2 rings (SSSR count). The molecular weight excluding hydrogens is 306 g/mol. The maximum Gasteiger partial charge on any atom is 0.236 e. The van der Waals surface area contributed by atoms with E-state index < -0.39 is 0 Å². The number of nitrogens with zero attached hydrogens (tertiary/aromatic N) is 2. The molecule has 0 bridgehead atoms. The van der Waals surface area contributed by atoms with E-state index in [0.717, 1.165) is 15.7 Å². The Kier molecular flexibility index (Phi) is 4.14. The largest absolute Gasteiger partial charge is 0.471 e. The lowest BCUT2D eigenvalue weighted by Crippen LogP contribution is -2.03. The Labute approximate surface area is 121 Å². The first-order valence-electron chi connectivity index (χ1n) is 6.19. The number of rotatable bonds is 4. The van der Waals surface area contributed by atoms with Crippen LogP contribution in [0.3, 0.4) is 0 Å². The highest BCUT2D eigenvalue weighted by atomic mass is 79.9. The van der Waals surface area contributed by atoms with E-state index in [1.165, 1.54) is 0 Å². The molecule has 0 atom stereocenters. The Hall–Kier alpha value is -1.49. The average Bonchev–Trinajstić information content (AvgIpc) is 2.65. The summed E-state index contributed by atoms with van der Waals surface area (Å²) in [6, 6.07) is 7.96. The number of hydrogen-bond donors (Lipinski definition) is 1. The Balaban J connectivity index is 2.19. The molecule has 0 aliphatic heterocycles. The molecule has 102 valence electrons. The minimum absolute atomic E-state index is 0.284. The number of anilines is 1. The summed E-state index contributed by atoms with van der Waals surface area (Å²) in [6.45, 7) is 4.59. The summed E-state index contributed by atoms with van der Waals surface area (Å²) in [5.74, 6) is 0.909. The third-order valence-electron chi connectivity index (χ3n) is 2.93. The van der Waals surface area contributed by atoms with E-state index in [1.807, 2.05) is 31.3 Å². The number of aromatic nitrogens is 2. The summed E-state index contributed by atoms with van der Waals surface area (Å²) < 4.78 is 8.53. The maximum absolute atomic E-state index is 6.09. The summed E-state index contributed by atoms with van der Waals surface area (Å²) in [5.41, 5.74) is 8.67. The van der Waals surface area contributed by atoms with Crippen molar-refractivity contribution < 1.29 is 4.74 Å². The number of aryl methyl sites for hydroxylation is 1. The van der Waals surface area contributed by atoms with E-state index in [-0.39, 0.29) is 5.92 Å². The van der Waals surface area contributed by atoms with Crippen molar-refractivity contribution in [2.75, 3.05) is 5.73 Å². The first kappa shape index (κ1) is 13.9. The SMILES string of the molecule is CC(C)c1nn(C)c(OCc2ccccc2Br)c1N. The van der Waals surface area contributed by atoms with Crippen molar-refractivity contribution in [3.05, 3.63) is 40.0 Å². The summed E-state index contributed by atoms with van der Waals surface area (Å²) in [7, 11) is 1.84. The van der Waals surface area contributed by atoms with Crippen molar-refractivity contribution in [2.45, 2.75) is 26.4 Å². The molecule has 2 aromatic rings. The van der Waals surface area contributed by atoms with Gasteiger partial charge in [0.25, 0.3) is 0 Å². The lowest BCUT2D eigenvalue weighted by atomic mass is 10.1. The van der Waals surface area contributed by atoms with Crippen LogP contribution in [0.5, 0.6) is 5.88 Å². The molecule has 0 saturated carbocycles. The molecule has 0 unspecified atom stereocenters. The van der Waals surface area contributed by atoms with Crippen LogP contribution in [0, 0.1) is 0 Å². The molecule has 0 spiro atoms. The molecule has 4 nitrogen and oxygen atoms in total. The highest BCUT2D eigenvalue weighted by Gasteiger charge is 2.17. The van der Waals surface area contributed by atoms with Crippen molar-refractivity contribution >= 4 is 21.6 Å². The zero-order valence-electron chi connectivity index (χ0n) is 11.4. The first-order valence-corrected chi connectivity index (χ1v) is 6.98. The second-order valence-electron chi connectivity index (χ2n) is 4.76. The fourth-order valence-electron chi connectivity index (χ4n) is 1.90. The molecule has 1 aromatic heterocycles. The van der Waals surface area contributed by atoms with Gasteiger partial charge in [-0.05, 0) is 12.0 Å². The zero-order chi connectivity index (χ0) is 14.0. The topological polar surface area (TPSA) is 53.1 Å². The maximum atomic E-state index is 6.09. The minimum Gasteiger partial charge on any atom is -0.471 e. The summed E-state index contributed by atoms with van der Waals surface area (Å²) in [5, 5.41) is 4.40. The molecule has 0 fully saturated rings. The van der Waals surface area contributed by atoms with Crippen molar-refractivity contribution in [2.24, 2.45) is 7.05 Å². The third-order valence-corrected chi connectivity index (χ3v) is 3.70. The van der Waals surface area contributed by atoms with Crippen LogP contribution in [-0.4, -0.2) is 9.78 Å². The Morgan fingerprint density at radius 3 is 2.63 bits per heavy atom. The molecule has 1 aromatic carbocycles. The molecule has 2 N–H and O–H groups in total. The first-order chi connectivity index (χ1) is 9.00. The van der Waals surface area contributed by atoms with Crippen LogP contribution in [0.4, 0.5) is 5.69 Å². The van der Waals surface area contributed by atoms with Gasteiger partial charge in [0, 0.05) is 17.1 Å². The van der Waals surface area contributed by atoms with Gasteiger partial charge in [-0.3, -0.25) is 0 Å². The second kappa shape index (κ2) is 5.65. The van der Waals surface area contributed by atoms with Gasteiger partial charge < -0.3 is 10.5 Å². The number of nitrogen functional groups attached to an aromatic ring is 1. The molecule has 5 heteroatoms. The Morgan fingerprint density at radius 2 is 2.05 bits per heavy atom. The van der Waals surface area contributed by atoms with Gasteiger partial charge in [-0.1, -0.05) is 48.0 Å². The van der Waals surface area contributed by atoms with Crippen molar-refractivity contribution in [1.29, 1.82) is 0 Å². The van der Waals surface area contributed by atoms with Crippen molar-refractivity contribution in [3.8, 4) is 5.88 Å². The average molecular weight is 324 g/mol. The fourth-order valence-corrected chi connectivity index (χ4v) is 2.30. The number of halogens is 1. The van der Waals surface area contributed by atoms with Gasteiger partial charge >= 0.3 is 0 Å². The van der Waals surface area contributed by atoms with Gasteiger partial charge in [0.1, 0.15) is 12.3 Å². The normalized spacial score (nSPS) is 11.0. The van der Waals surface area contributed by atoms with E-state index in [0.29, 0.717) is 18.2 Å². The van der Waals surface area contributed by atoms with Gasteiger partial charge in [-0.2, -0.15) is 5.10 Å². The van der Waals surface area contributed by atoms with Crippen molar-refractivity contribution in [3.63, 3.8) is 0 Å². The number of benzene rings is 1. The smallest absolute Gasteiger partial charge is 0.236 e. The number of nitrogens with two attached hydrogens (primary N) is 1. The summed E-state index contributed by atoms with van der Waals surface area (Å²) >= 11 is 3.50. The predicted molar refractivity (Wildman–Crippen MR) is 80.2 cm³/mol. The Bertz CT molecular complexity index is 578. The van der Waals surface area contributed by atoms with Crippen LogP contribution in [-0.2, 0) is 13.7 Å². The molecular formula is C14H18BrN3O. The standard InChI is InChI=1S/C14H18BrN3O/c1-9(2)13-12(16)14(18(3)17-13)19-8-10-6-4-5-7-11(10)15/h4-7,9H,8,16H2,1-3H3. The van der Waals surface area contributed by atoms with Crippen molar-refractivity contribution in [1.82, 2.24) is 9.78 Å². The van der Waals surface area contributed by atoms with Gasteiger partial charge in [0.05, 0.1) is 5.69 Å². The molecule has 0 aliphatic carbocycles. The molecule has 19 heavy (non-hydrogen) atoms. The lowest BCUT2D eigenvalue weighted by molar-refractivity contribution is 0.279. The quantitative estimate of drug-likeness (QED) is 0.937. The fraction of sp³-hybridized carbons (Fsp3) is 0.357. The highest BCUT2D eigenvalue weighted by Crippen LogP contribution is 2.30. The van der Waals surface area contributed by atoms with Crippen LogP contribution in [0.15, 0.2) is 28.7 Å². The third kappa shape index (κ3) is 2.92. The van der Waals surface area contributed by atoms with E-state index in [1.54, 1.807) is 4.68 Å². The summed E-state index contributed by atoms with van der Waals surface area (Å²) in [4.78, 5) is 0. The van der Waals surface area contributed by atoms with Crippen LogP contribution in [0.1, 0.15) is 31.0 Å². The molecule has 0 radical (unpaired) electrons. The predicted octanol–water partition coefficient (Wildman–Crippen LogP) is 3.47. The van der Waals surface area contributed by atoms with Gasteiger partial charge in [-0.25, -0.2) is 4.68 Å². The van der Waals surface area contributed by atoms with E-state index in [2.05, 4.69) is 34.9 Å². The molecule has 0 amide bonds. The molecule has 1 heterocycles. The van der Waals surface area contributed by atoms with Gasteiger partial charge in [0.15, 0.2) is 0 Å². The molecule has 0 aliphatic rings. The van der Waals surface area contributed by atoms with E-state index in [4.69, 9.17) is 10.5 Å². The van der Waals surface area contributed by atoms with Gasteiger partial charge in [0.2, 0.25) is 5.88 Å². The highest BCUT2D eigenvalue weighted by molar-refractivity contribution is 9.10. The summed E-state index contributed by atoms with van der Waals surface area (Å²) in [6.07, 6.45) is 0. The lowest BCUT2D eigenvalue weighted by Gasteiger charge is -2.08. The second-order valence-corrected chi connectivity index (χ2v) is 5.62. The van der Waals surface area contributed by atoms with E-state index >= 15 is 0 Å². The minimum atomic E-state index is 0.284. The van der Waals surface area contributed by atoms with Crippen LogP contribution in [0.2, 0.25) is 0 Å². The van der Waals surface area contributed by atoms with Gasteiger partial charge in [-0.15, -0.1) is 0 Å². The van der Waals surface area contributed by atoms with Crippen LogP contribution < -0.4 is 10.5 Å². The van der Waals surface area contributed by atoms with Crippen LogP contribution in [0.25, 0.3) is 0 Å². The number of hydrogen-bond acceptors (Lipinski definition) is 3. The Morgan fingerprint density at radius 1 is 1.37 bits per heavy atom. The zero-order valence-corrected chi connectivity index (χ0v) is 12.9. The monoisotopic (exact) mass is 323 g/mol. The molecule has 0 saturated heterocycles. The number of ether oxygens (including phenoxy) is 1. The van der Waals surface area contributed by atoms with Crippen LogP contribution >= 0.6 is 15.9 Å².